The second kappa shape index (κ2) is 8.72. The van der Waals surface area contributed by atoms with Crippen molar-refractivity contribution in [2.24, 2.45) is 5.92 Å². The Kier molecular flexibility index (Phi) is 8.08. The molecule has 0 aromatic carbocycles. The molecule has 0 aliphatic carbocycles. The van der Waals surface area contributed by atoms with E-state index in [9.17, 15) is 9.59 Å². The minimum Gasteiger partial charge on any atom is -0.466 e. The van der Waals surface area contributed by atoms with Gasteiger partial charge in [-0.15, -0.1) is 0 Å². The first-order valence-electron chi connectivity index (χ1n) is 6.47. The summed E-state index contributed by atoms with van der Waals surface area (Å²) in [5.41, 5.74) is 0. The van der Waals surface area contributed by atoms with E-state index in [-0.39, 0.29) is 17.9 Å². The molecule has 4 heteroatoms. The molecule has 0 aliphatic rings. The number of carbonyl (C=O) groups is 2. The van der Waals surface area contributed by atoms with Gasteiger partial charge in [-0.2, -0.15) is 0 Å². The summed E-state index contributed by atoms with van der Waals surface area (Å²) in [6, 6.07) is 0.127. The van der Waals surface area contributed by atoms with E-state index < -0.39 is 0 Å². The smallest absolute Gasteiger partial charge is 0.306 e. The Morgan fingerprint density at radius 1 is 1.28 bits per heavy atom. The van der Waals surface area contributed by atoms with Crippen LogP contribution in [0.4, 0.5) is 0 Å². The molecule has 104 valence electrons. The Labute approximate surface area is 110 Å². The number of amides is 1. The molecule has 0 atom stereocenters. The van der Waals surface area contributed by atoms with Crippen LogP contribution in [-0.4, -0.2) is 36.0 Å². The fourth-order valence-electron chi connectivity index (χ4n) is 1.55. The van der Waals surface area contributed by atoms with Gasteiger partial charge in [0.1, 0.15) is 0 Å². The summed E-state index contributed by atoms with van der Waals surface area (Å²) in [7, 11) is 0. The third-order valence-corrected chi connectivity index (χ3v) is 2.46. The molecule has 0 unspecified atom stereocenters. The van der Waals surface area contributed by atoms with Crippen LogP contribution in [0.1, 0.15) is 40.5 Å². The van der Waals surface area contributed by atoms with Crippen LogP contribution in [0.3, 0.4) is 0 Å². The van der Waals surface area contributed by atoms with Crippen LogP contribution < -0.4 is 0 Å². The number of esters is 1. The zero-order valence-electron chi connectivity index (χ0n) is 11.9. The van der Waals surface area contributed by atoms with Crippen LogP contribution in [-0.2, 0) is 14.3 Å². The minimum absolute atomic E-state index is 0.0847. The van der Waals surface area contributed by atoms with Crippen molar-refractivity contribution in [3.63, 3.8) is 0 Å². The van der Waals surface area contributed by atoms with Gasteiger partial charge in [0.15, 0.2) is 0 Å². The van der Waals surface area contributed by atoms with E-state index in [2.05, 4.69) is 6.58 Å². The molecule has 0 fully saturated rings. The van der Waals surface area contributed by atoms with Crippen LogP contribution in [0.5, 0.6) is 0 Å². The number of ether oxygens (including phenoxy) is 1. The molecule has 0 heterocycles. The molecule has 0 aromatic rings. The van der Waals surface area contributed by atoms with Gasteiger partial charge in [0.2, 0.25) is 5.91 Å². The topological polar surface area (TPSA) is 46.6 Å². The van der Waals surface area contributed by atoms with Crippen LogP contribution in [0.2, 0.25) is 0 Å². The lowest BCUT2D eigenvalue weighted by Crippen LogP contribution is -2.37. The van der Waals surface area contributed by atoms with Gasteiger partial charge in [-0.3, -0.25) is 9.59 Å². The van der Waals surface area contributed by atoms with Crippen molar-refractivity contribution >= 4 is 11.9 Å². The Bertz CT molecular complexity index is 285. The molecule has 0 aliphatic heterocycles. The highest BCUT2D eigenvalue weighted by Crippen LogP contribution is 2.04. The van der Waals surface area contributed by atoms with Gasteiger partial charge in [-0.05, 0) is 32.3 Å². The summed E-state index contributed by atoms with van der Waals surface area (Å²) in [4.78, 5) is 24.5. The van der Waals surface area contributed by atoms with Crippen LogP contribution in [0.25, 0.3) is 0 Å². The number of rotatable bonds is 8. The normalized spacial score (nSPS) is 10.6. The van der Waals surface area contributed by atoms with Gasteiger partial charge in [0.05, 0.1) is 6.61 Å². The highest BCUT2D eigenvalue weighted by molar-refractivity contribution is 5.87. The largest absolute Gasteiger partial charge is 0.466 e. The lowest BCUT2D eigenvalue weighted by molar-refractivity contribution is -0.144. The maximum atomic E-state index is 11.5. The fraction of sp³-hybridized carbons (Fsp3) is 0.714. The SMILES string of the molecule is C=CC(=O)N(CCCOC(=O)CC(C)C)C(C)C. The number of nitrogens with zero attached hydrogens (tertiary/aromatic N) is 1. The van der Waals surface area contributed by atoms with E-state index in [1.54, 1.807) is 4.90 Å². The molecular weight excluding hydrogens is 230 g/mol. The second-order valence-corrected chi connectivity index (χ2v) is 5.00. The molecule has 0 bridgehead atoms. The number of carbonyl (C=O) groups excluding carboxylic acids is 2. The van der Waals surface area contributed by atoms with Crippen molar-refractivity contribution in [3.8, 4) is 0 Å². The summed E-state index contributed by atoms with van der Waals surface area (Å²) in [6.07, 6.45) is 2.41. The summed E-state index contributed by atoms with van der Waals surface area (Å²) in [6.45, 7) is 12.3. The summed E-state index contributed by atoms with van der Waals surface area (Å²) in [5, 5.41) is 0. The summed E-state index contributed by atoms with van der Waals surface area (Å²) >= 11 is 0. The highest BCUT2D eigenvalue weighted by atomic mass is 16.5. The molecule has 18 heavy (non-hydrogen) atoms. The van der Waals surface area contributed by atoms with Gasteiger partial charge in [-0.1, -0.05) is 20.4 Å². The van der Waals surface area contributed by atoms with Crippen LogP contribution in [0, 0.1) is 5.92 Å². The van der Waals surface area contributed by atoms with Gasteiger partial charge < -0.3 is 9.64 Å². The second-order valence-electron chi connectivity index (χ2n) is 5.00. The highest BCUT2D eigenvalue weighted by Gasteiger charge is 2.13. The van der Waals surface area contributed by atoms with Crippen LogP contribution in [0.15, 0.2) is 12.7 Å². The Morgan fingerprint density at radius 2 is 1.89 bits per heavy atom. The Hall–Kier alpha value is -1.32. The van der Waals surface area contributed by atoms with Crippen molar-refractivity contribution < 1.29 is 14.3 Å². The molecule has 0 saturated carbocycles. The van der Waals surface area contributed by atoms with Crippen molar-refractivity contribution in [1.29, 1.82) is 0 Å². The molecule has 0 radical (unpaired) electrons. The van der Waals surface area contributed by atoms with E-state index in [4.69, 9.17) is 4.74 Å². The van der Waals surface area contributed by atoms with E-state index >= 15 is 0 Å². The quantitative estimate of drug-likeness (QED) is 0.380. The molecule has 0 aromatic heterocycles. The molecular formula is C14H25NO3. The monoisotopic (exact) mass is 255 g/mol. The predicted octanol–water partition coefficient (Wildman–Crippen LogP) is 2.39. The third kappa shape index (κ3) is 7.09. The van der Waals surface area contributed by atoms with Crippen molar-refractivity contribution in [1.82, 2.24) is 4.90 Å². The van der Waals surface area contributed by atoms with E-state index in [1.165, 1.54) is 6.08 Å². The van der Waals surface area contributed by atoms with Gasteiger partial charge in [0, 0.05) is 19.0 Å². The molecule has 1 amide bonds. The maximum absolute atomic E-state index is 11.5. The predicted molar refractivity (Wildman–Crippen MR) is 72.1 cm³/mol. The van der Waals surface area contributed by atoms with E-state index in [1.807, 2.05) is 27.7 Å². The lowest BCUT2D eigenvalue weighted by atomic mass is 10.1. The van der Waals surface area contributed by atoms with Crippen LogP contribution >= 0.6 is 0 Å². The standard InChI is InChI=1S/C14H25NO3/c1-6-13(16)15(12(4)5)8-7-9-18-14(17)10-11(2)3/h6,11-12H,1,7-10H2,2-5H3. The molecule has 4 nitrogen and oxygen atoms in total. The van der Waals surface area contributed by atoms with Crippen molar-refractivity contribution in [2.75, 3.05) is 13.2 Å². The number of hydrogen-bond acceptors (Lipinski definition) is 3. The van der Waals surface area contributed by atoms with E-state index in [0.717, 1.165) is 0 Å². The van der Waals surface area contributed by atoms with Gasteiger partial charge in [-0.25, -0.2) is 0 Å². The first-order chi connectivity index (χ1) is 8.38. The average molecular weight is 255 g/mol. The van der Waals surface area contributed by atoms with Crippen molar-refractivity contribution in [3.05, 3.63) is 12.7 Å². The summed E-state index contributed by atoms with van der Waals surface area (Å²) < 4.78 is 5.09. The molecule has 0 N–H and O–H groups in total. The van der Waals surface area contributed by atoms with Crippen molar-refractivity contribution in [2.45, 2.75) is 46.6 Å². The zero-order valence-corrected chi connectivity index (χ0v) is 11.9. The van der Waals surface area contributed by atoms with Gasteiger partial charge in [0.25, 0.3) is 0 Å². The number of hydrogen-bond donors (Lipinski definition) is 0. The lowest BCUT2D eigenvalue weighted by Gasteiger charge is -2.25. The summed E-state index contributed by atoms with van der Waals surface area (Å²) in [5.74, 6) is 0.0571. The van der Waals surface area contributed by atoms with E-state index in [0.29, 0.717) is 31.9 Å². The van der Waals surface area contributed by atoms with Gasteiger partial charge >= 0.3 is 5.97 Å². The Balaban J connectivity index is 3.90. The molecule has 0 rings (SSSR count). The molecule has 0 saturated heterocycles. The minimum atomic E-state index is -0.170. The fourth-order valence-corrected chi connectivity index (χ4v) is 1.55. The third-order valence-electron chi connectivity index (χ3n) is 2.46. The first kappa shape index (κ1) is 16.7. The maximum Gasteiger partial charge on any atom is 0.306 e. The Morgan fingerprint density at radius 3 is 2.33 bits per heavy atom. The first-order valence-corrected chi connectivity index (χ1v) is 6.47. The zero-order chi connectivity index (χ0) is 14.1. The molecule has 0 spiro atoms. The average Bonchev–Trinajstić information content (AvgIpc) is 2.26.